The predicted octanol–water partition coefficient (Wildman–Crippen LogP) is 6.04. The number of benzene rings is 3. The summed E-state index contributed by atoms with van der Waals surface area (Å²) in [4.78, 5) is 7.68. The van der Waals surface area contributed by atoms with Crippen LogP contribution in [-0.2, 0) is 0 Å². The first-order valence-corrected chi connectivity index (χ1v) is 13.7. The molecular weight excluding hydrogens is 466 g/mol. The number of hydrogen-bond donors (Lipinski definition) is 1. The lowest BCUT2D eigenvalue weighted by Gasteiger charge is -2.38. The second-order valence-electron chi connectivity index (χ2n) is 10.4. The molecule has 37 heavy (non-hydrogen) atoms. The Morgan fingerprint density at radius 3 is 1.86 bits per heavy atom. The molecular formula is C31H38F2N4. The smallest absolute Gasteiger partial charge is 0.123 e. The van der Waals surface area contributed by atoms with Gasteiger partial charge in [0.25, 0.3) is 0 Å². The summed E-state index contributed by atoms with van der Waals surface area (Å²) in [5.74, 6) is -0.0197. The largest absolute Gasteiger partial charge is 0.378 e. The van der Waals surface area contributed by atoms with Crippen molar-refractivity contribution < 1.29 is 8.78 Å². The Kier molecular flexibility index (Phi) is 8.69. The fourth-order valence-corrected chi connectivity index (χ4v) is 5.77. The predicted molar refractivity (Wildman–Crippen MR) is 148 cm³/mol. The van der Waals surface area contributed by atoms with E-state index in [-0.39, 0.29) is 17.7 Å². The number of rotatable bonds is 9. The zero-order valence-corrected chi connectivity index (χ0v) is 21.5. The molecule has 0 aromatic heterocycles. The highest BCUT2D eigenvalue weighted by atomic mass is 19.1. The first-order chi connectivity index (χ1) is 18.1. The molecule has 1 atom stereocenters. The van der Waals surface area contributed by atoms with Crippen LogP contribution in [0.2, 0.25) is 0 Å². The summed E-state index contributed by atoms with van der Waals surface area (Å²) >= 11 is 0. The third-order valence-corrected chi connectivity index (χ3v) is 7.94. The maximum absolute atomic E-state index is 13.6. The normalized spacial score (nSPS) is 18.6. The van der Waals surface area contributed by atoms with Crippen LogP contribution in [0.1, 0.15) is 30.9 Å². The number of piperazine rings is 1. The molecule has 2 fully saturated rings. The molecule has 1 unspecified atom stereocenters. The van der Waals surface area contributed by atoms with Gasteiger partial charge in [0.1, 0.15) is 11.6 Å². The van der Waals surface area contributed by atoms with Crippen LogP contribution in [0, 0.1) is 17.6 Å². The monoisotopic (exact) mass is 504 g/mol. The van der Waals surface area contributed by atoms with E-state index in [1.54, 1.807) is 12.1 Å². The summed E-state index contributed by atoms with van der Waals surface area (Å²) in [6.45, 7) is 8.91. The lowest BCUT2D eigenvalue weighted by atomic mass is 9.85. The number of halogens is 2. The van der Waals surface area contributed by atoms with Gasteiger partial charge in [-0.1, -0.05) is 30.3 Å². The number of likely N-dealkylation sites (tertiary alicyclic amines) is 1. The standard InChI is InChI=1S/C31H38F2N4/c32-27-9-7-25(8-10-27)31(34-29-13-11-28(33)12-14-29)26-15-19-35(20-16-26)17-4-18-36-21-23-37(24-22-36)30-5-2-1-3-6-30/h1-3,5-14,26,31,34H,4,15-24H2. The molecule has 0 amide bonds. The summed E-state index contributed by atoms with van der Waals surface area (Å²) in [7, 11) is 0. The number of piperidine rings is 1. The molecule has 3 aromatic rings. The van der Waals surface area contributed by atoms with E-state index < -0.39 is 0 Å². The average Bonchev–Trinajstić information content (AvgIpc) is 2.95. The molecule has 6 heteroatoms. The maximum Gasteiger partial charge on any atom is 0.123 e. The van der Waals surface area contributed by atoms with Gasteiger partial charge in [0.2, 0.25) is 0 Å². The second kappa shape index (κ2) is 12.5. The first kappa shape index (κ1) is 25.7. The van der Waals surface area contributed by atoms with Gasteiger partial charge in [-0.3, -0.25) is 4.90 Å². The van der Waals surface area contributed by atoms with E-state index in [0.717, 1.165) is 76.5 Å². The minimum Gasteiger partial charge on any atom is -0.378 e. The van der Waals surface area contributed by atoms with Gasteiger partial charge in [-0.15, -0.1) is 0 Å². The topological polar surface area (TPSA) is 21.8 Å². The van der Waals surface area contributed by atoms with Crippen molar-refractivity contribution in [2.75, 3.05) is 62.6 Å². The lowest BCUT2D eigenvalue weighted by Crippen LogP contribution is -2.47. The molecule has 2 aliphatic rings. The second-order valence-corrected chi connectivity index (χ2v) is 10.4. The Balaban J connectivity index is 1.08. The molecule has 2 aliphatic heterocycles. The molecule has 0 radical (unpaired) electrons. The summed E-state index contributed by atoms with van der Waals surface area (Å²) in [5.41, 5.74) is 3.31. The zero-order valence-electron chi connectivity index (χ0n) is 21.5. The molecule has 0 saturated carbocycles. The van der Waals surface area contributed by atoms with Gasteiger partial charge < -0.3 is 15.1 Å². The van der Waals surface area contributed by atoms with Crippen molar-refractivity contribution in [3.63, 3.8) is 0 Å². The summed E-state index contributed by atoms with van der Waals surface area (Å²) in [6, 6.07) is 24.1. The van der Waals surface area contributed by atoms with E-state index in [2.05, 4.69) is 50.3 Å². The number of nitrogens with zero attached hydrogens (tertiary/aromatic N) is 3. The number of para-hydroxylation sites is 1. The van der Waals surface area contributed by atoms with E-state index in [9.17, 15) is 8.78 Å². The van der Waals surface area contributed by atoms with Gasteiger partial charge in [-0.2, -0.15) is 0 Å². The van der Waals surface area contributed by atoms with E-state index in [4.69, 9.17) is 0 Å². The Morgan fingerprint density at radius 1 is 0.676 bits per heavy atom. The van der Waals surface area contributed by atoms with Crippen LogP contribution in [0.5, 0.6) is 0 Å². The Morgan fingerprint density at radius 2 is 1.24 bits per heavy atom. The highest BCUT2D eigenvalue weighted by molar-refractivity contribution is 5.47. The van der Waals surface area contributed by atoms with Crippen LogP contribution >= 0.6 is 0 Å². The van der Waals surface area contributed by atoms with Crippen LogP contribution in [0.3, 0.4) is 0 Å². The van der Waals surface area contributed by atoms with Gasteiger partial charge in [-0.25, -0.2) is 8.78 Å². The lowest BCUT2D eigenvalue weighted by molar-refractivity contribution is 0.160. The highest BCUT2D eigenvalue weighted by Crippen LogP contribution is 2.34. The molecule has 2 saturated heterocycles. The highest BCUT2D eigenvalue weighted by Gasteiger charge is 2.28. The summed E-state index contributed by atoms with van der Waals surface area (Å²) < 4.78 is 27.0. The molecule has 0 spiro atoms. The maximum atomic E-state index is 13.6. The SMILES string of the molecule is Fc1ccc(NC(c2ccc(F)cc2)C2CCN(CCCN3CCN(c4ccccc4)CC3)CC2)cc1. The molecule has 4 nitrogen and oxygen atoms in total. The summed E-state index contributed by atoms with van der Waals surface area (Å²) in [6.07, 6.45) is 3.38. The Labute approximate surface area is 219 Å². The fourth-order valence-electron chi connectivity index (χ4n) is 5.77. The van der Waals surface area contributed by atoms with Crippen molar-refractivity contribution in [3.8, 4) is 0 Å². The number of anilines is 2. The van der Waals surface area contributed by atoms with E-state index in [1.165, 1.54) is 36.4 Å². The van der Waals surface area contributed by atoms with Crippen LogP contribution in [-0.4, -0.2) is 62.2 Å². The van der Waals surface area contributed by atoms with Crippen molar-refractivity contribution >= 4 is 11.4 Å². The van der Waals surface area contributed by atoms with Crippen LogP contribution < -0.4 is 10.2 Å². The van der Waals surface area contributed by atoms with Crippen molar-refractivity contribution in [1.29, 1.82) is 0 Å². The zero-order chi connectivity index (χ0) is 25.5. The van der Waals surface area contributed by atoms with Gasteiger partial charge >= 0.3 is 0 Å². The van der Waals surface area contributed by atoms with Crippen molar-refractivity contribution in [1.82, 2.24) is 9.80 Å². The molecule has 5 rings (SSSR count). The molecule has 1 N–H and O–H groups in total. The molecule has 196 valence electrons. The van der Waals surface area contributed by atoms with Crippen molar-refractivity contribution in [3.05, 3.63) is 96.1 Å². The minimum absolute atomic E-state index is 0.0779. The fraction of sp³-hybridized carbons (Fsp3) is 0.419. The van der Waals surface area contributed by atoms with Gasteiger partial charge in [0.15, 0.2) is 0 Å². The van der Waals surface area contributed by atoms with E-state index >= 15 is 0 Å². The molecule has 3 aromatic carbocycles. The van der Waals surface area contributed by atoms with Crippen LogP contribution in [0.15, 0.2) is 78.9 Å². The minimum atomic E-state index is -0.240. The van der Waals surface area contributed by atoms with Crippen LogP contribution in [0.25, 0.3) is 0 Å². The third-order valence-electron chi connectivity index (χ3n) is 7.94. The number of hydrogen-bond acceptors (Lipinski definition) is 4. The molecule has 0 aliphatic carbocycles. The molecule has 0 bridgehead atoms. The Hall–Kier alpha value is -2.96. The Bertz CT molecular complexity index is 1070. The van der Waals surface area contributed by atoms with E-state index in [0.29, 0.717) is 5.92 Å². The van der Waals surface area contributed by atoms with Crippen LogP contribution in [0.4, 0.5) is 20.2 Å². The quantitative estimate of drug-likeness (QED) is 0.383. The molecule has 2 heterocycles. The number of nitrogens with one attached hydrogen (secondary N) is 1. The van der Waals surface area contributed by atoms with Crippen molar-refractivity contribution in [2.45, 2.75) is 25.3 Å². The summed E-state index contributed by atoms with van der Waals surface area (Å²) in [5, 5.41) is 3.61. The van der Waals surface area contributed by atoms with Crippen molar-refractivity contribution in [2.24, 2.45) is 5.92 Å². The third kappa shape index (κ3) is 7.08. The average molecular weight is 505 g/mol. The van der Waals surface area contributed by atoms with E-state index in [1.807, 2.05) is 12.1 Å². The van der Waals surface area contributed by atoms with Gasteiger partial charge in [0.05, 0.1) is 6.04 Å². The van der Waals surface area contributed by atoms with Gasteiger partial charge in [-0.05, 0) is 105 Å². The first-order valence-electron chi connectivity index (χ1n) is 13.7. The van der Waals surface area contributed by atoms with Gasteiger partial charge in [0, 0.05) is 37.6 Å².